The van der Waals surface area contributed by atoms with Crippen LogP contribution >= 0.6 is 11.8 Å². The van der Waals surface area contributed by atoms with Gasteiger partial charge in [-0.05, 0) is 43.3 Å². The van der Waals surface area contributed by atoms with Crippen LogP contribution in [0.15, 0.2) is 92.4 Å². The molecule has 4 aromatic rings. The first-order valence-electron chi connectivity index (χ1n) is 9.81. The zero-order valence-electron chi connectivity index (χ0n) is 17.5. The van der Waals surface area contributed by atoms with Crippen molar-refractivity contribution < 1.29 is 21.8 Å². The standard InChI is InChI=1S/C23H19N3O5S2/c1-16-10-12-18(13-11-16)33(28,29)31-20-8-4-2-6-17(20)14-24-26-22(27)15-32-23-25-19-7-3-5-9-21(19)30-23/h2-14H,15H2,1H3,(H,26,27)/b24-14+. The van der Waals surface area contributed by atoms with E-state index in [1.54, 1.807) is 36.4 Å². The molecule has 10 heteroatoms. The first-order chi connectivity index (χ1) is 15.9. The van der Waals surface area contributed by atoms with Crippen molar-refractivity contribution >= 4 is 45.1 Å². The minimum Gasteiger partial charge on any atom is -0.431 e. The van der Waals surface area contributed by atoms with Crippen molar-refractivity contribution in [2.45, 2.75) is 17.0 Å². The van der Waals surface area contributed by atoms with E-state index in [2.05, 4.69) is 15.5 Å². The molecule has 1 amide bonds. The smallest absolute Gasteiger partial charge is 0.339 e. The Hall–Kier alpha value is -3.63. The van der Waals surface area contributed by atoms with E-state index in [0.29, 0.717) is 16.4 Å². The van der Waals surface area contributed by atoms with Gasteiger partial charge < -0.3 is 8.60 Å². The highest BCUT2D eigenvalue weighted by Gasteiger charge is 2.18. The van der Waals surface area contributed by atoms with E-state index in [0.717, 1.165) is 22.8 Å². The predicted molar refractivity (Wildman–Crippen MR) is 126 cm³/mol. The minimum absolute atomic E-state index is 0.0457. The van der Waals surface area contributed by atoms with Crippen LogP contribution in [0, 0.1) is 6.92 Å². The van der Waals surface area contributed by atoms with Crippen molar-refractivity contribution in [3.63, 3.8) is 0 Å². The van der Waals surface area contributed by atoms with Gasteiger partial charge in [0.25, 0.3) is 11.1 Å². The number of hydrogen-bond donors (Lipinski definition) is 1. The molecule has 0 unspecified atom stereocenters. The average molecular weight is 482 g/mol. The number of para-hydroxylation sites is 3. The maximum atomic E-state index is 12.6. The molecular formula is C23H19N3O5S2. The van der Waals surface area contributed by atoms with Crippen LogP contribution in [0.3, 0.4) is 0 Å². The fraction of sp³-hybridized carbons (Fsp3) is 0.0870. The normalized spacial score (nSPS) is 11.7. The number of carbonyl (C=O) groups is 1. The maximum Gasteiger partial charge on any atom is 0.339 e. The Morgan fingerprint density at radius 2 is 1.82 bits per heavy atom. The Kier molecular flexibility index (Phi) is 6.76. The predicted octanol–water partition coefficient (Wildman–Crippen LogP) is 4.15. The molecule has 4 rings (SSSR count). The molecule has 0 fully saturated rings. The lowest BCUT2D eigenvalue weighted by molar-refractivity contribution is -0.118. The lowest BCUT2D eigenvalue weighted by Crippen LogP contribution is -2.19. The second-order valence-electron chi connectivity index (χ2n) is 6.92. The second-order valence-corrected chi connectivity index (χ2v) is 9.39. The summed E-state index contributed by atoms with van der Waals surface area (Å²) in [7, 11) is -4.01. The van der Waals surface area contributed by atoms with Gasteiger partial charge in [0.15, 0.2) is 11.3 Å². The van der Waals surface area contributed by atoms with E-state index in [9.17, 15) is 13.2 Å². The van der Waals surface area contributed by atoms with E-state index >= 15 is 0 Å². The number of thioether (sulfide) groups is 1. The lowest BCUT2D eigenvalue weighted by Gasteiger charge is -2.09. The molecule has 0 aliphatic heterocycles. The molecule has 0 aliphatic rings. The van der Waals surface area contributed by atoms with Crippen molar-refractivity contribution in [1.82, 2.24) is 10.4 Å². The summed E-state index contributed by atoms with van der Waals surface area (Å²) in [5, 5.41) is 4.29. The minimum atomic E-state index is -4.01. The molecule has 33 heavy (non-hydrogen) atoms. The van der Waals surface area contributed by atoms with Gasteiger partial charge >= 0.3 is 10.1 Å². The summed E-state index contributed by atoms with van der Waals surface area (Å²) in [6.45, 7) is 1.86. The van der Waals surface area contributed by atoms with E-state index < -0.39 is 10.1 Å². The van der Waals surface area contributed by atoms with Crippen LogP contribution in [-0.2, 0) is 14.9 Å². The summed E-state index contributed by atoms with van der Waals surface area (Å²) in [6.07, 6.45) is 1.32. The maximum absolute atomic E-state index is 12.6. The van der Waals surface area contributed by atoms with Gasteiger partial charge in [-0.2, -0.15) is 13.5 Å². The topological polar surface area (TPSA) is 111 Å². The monoisotopic (exact) mass is 481 g/mol. The van der Waals surface area contributed by atoms with Crippen LogP contribution in [-0.4, -0.2) is 31.3 Å². The molecule has 1 N–H and O–H groups in total. The van der Waals surface area contributed by atoms with Crippen LogP contribution in [0.4, 0.5) is 0 Å². The molecule has 0 saturated heterocycles. The summed E-state index contributed by atoms with van der Waals surface area (Å²) in [5.41, 5.74) is 5.09. The molecule has 0 atom stereocenters. The highest BCUT2D eigenvalue weighted by atomic mass is 32.2. The Labute approximate surface area is 194 Å². The summed E-state index contributed by atoms with van der Waals surface area (Å²) in [4.78, 5) is 16.4. The SMILES string of the molecule is Cc1ccc(S(=O)(=O)Oc2ccccc2/C=N/NC(=O)CSc2nc3ccccc3o2)cc1. The number of amides is 1. The molecule has 1 heterocycles. The number of carbonyl (C=O) groups excluding carboxylic acids is 1. The van der Waals surface area contributed by atoms with Gasteiger partial charge in [0.1, 0.15) is 10.4 Å². The molecule has 0 aliphatic carbocycles. The Balaban J connectivity index is 1.37. The van der Waals surface area contributed by atoms with E-state index in [4.69, 9.17) is 8.60 Å². The highest BCUT2D eigenvalue weighted by molar-refractivity contribution is 7.99. The van der Waals surface area contributed by atoms with E-state index in [-0.39, 0.29) is 22.3 Å². The fourth-order valence-corrected chi connectivity index (χ4v) is 4.37. The third-order valence-corrected chi connectivity index (χ3v) is 6.50. The number of hydrazone groups is 1. The summed E-state index contributed by atoms with van der Waals surface area (Å²) >= 11 is 1.14. The van der Waals surface area contributed by atoms with Gasteiger partial charge in [-0.25, -0.2) is 10.4 Å². The molecule has 8 nitrogen and oxygen atoms in total. The second kappa shape index (κ2) is 9.88. The Morgan fingerprint density at radius 1 is 1.09 bits per heavy atom. The molecular weight excluding hydrogens is 462 g/mol. The van der Waals surface area contributed by atoms with Gasteiger partial charge in [0.2, 0.25) is 0 Å². The quantitative estimate of drug-likeness (QED) is 0.174. The number of fused-ring (bicyclic) bond motifs is 1. The number of aromatic nitrogens is 1. The molecule has 3 aromatic carbocycles. The van der Waals surface area contributed by atoms with Crippen LogP contribution in [0.25, 0.3) is 11.1 Å². The Bertz CT molecular complexity index is 1380. The number of nitrogens with zero attached hydrogens (tertiary/aromatic N) is 2. The lowest BCUT2D eigenvalue weighted by atomic mass is 10.2. The largest absolute Gasteiger partial charge is 0.431 e. The van der Waals surface area contributed by atoms with Crippen LogP contribution in [0.1, 0.15) is 11.1 Å². The van der Waals surface area contributed by atoms with E-state index in [1.807, 2.05) is 25.1 Å². The van der Waals surface area contributed by atoms with Gasteiger partial charge in [0.05, 0.1) is 12.0 Å². The number of rotatable bonds is 8. The fourth-order valence-electron chi connectivity index (χ4n) is 2.78. The van der Waals surface area contributed by atoms with Crippen molar-refractivity contribution in [2.24, 2.45) is 5.10 Å². The van der Waals surface area contributed by atoms with E-state index in [1.165, 1.54) is 24.4 Å². The third kappa shape index (κ3) is 5.79. The number of oxazole rings is 1. The van der Waals surface area contributed by atoms with Gasteiger partial charge in [0, 0.05) is 5.56 Å². The third-order valence-electron chi connectivity index (χ3n) is 4.42. The first-order valence-corrected chi connectivity index (χ1v) is 12.2. The summed E-state index contributed by atoms with van der Waals surface area (Å²) < 4.78 is 36.0. The number of benzene rings is 3. The van der Waals surface area contributed by atoms with Crippen molar-refractivity contribution in [1.29, 1.82) is 0 Å². The van der Waals surface area contributed by atoms with Crippen molar-refractivity contribution in [2.75, 3.05) is 5.75 Å². The average Bonchev–Trinajstić information content (AvgIpc) is 3.22. The molecule has 1 aromatic heterocycles. The van der Waals surface area contributed by atoms with Gasteiger partial charge in [-0.1, -0.05) is 53.7 Å². The van der Waals surface area contributed by atoms with Gasteiger partial charge in [-0.15, -0.1) is 0 Å². The molecule has 0 spiro atoms. The van der Waals surface area contributed by atoms with Crippen molar-refractivity contribution in [3.05, 3.63) is 83.9 Å². The van der Waals surface area contributed by atoms with Crippen LogP contribution in [0.2, 0.25) is 0 Å². The highest BCUT2D eigenvalue weighted by Crippen LogP contribution is 2.23. The molecule has 0 saturated carbocycles. The molecule has 0 radical (unpaired) electrons. The zero-order valence-corrected chi connectivity index (χ0v) is 19.1. The van der Waals surface area contributed by atoms with Crippen LogP contribution in [0.5, 0.6) is 5.75 Å². The first kappa shape index (κ1) is 22.6. The number of nitrogens with one attached hydrogen (secondary N) is 1. The van der Waals surface area contributed by atoms with Crippen molar-refractivity contribution in [3.8, 4) is 5.75 Å². The molecule has 0 bridgehead atoms. The number of hydrogen-bond acceptors (Lipinski definition) is 8. The van der Waals surface area contributed by atoms with Crippen LogP contribution < -0.4 is 9.61 Å². The summed E-state index contributed by atoms with van der Waals surface area (Å²) in [6, 6.07) is 20.2. The number of aryl methyl sites for hydroxylation is 1. The van der Waals surface area contributed by atoms with Gasteiger partial charge in [-0.3, -0.25) is 4.79 Å². The zero-order chi connectivity index (χ0) is 23.3. The summed E-state index contributed by atoms with van der Waals surface area (Å²) in [5.74, 6) is -0.231. The Morgan fingerprint density at radius 3 is 2.61 bits per heavy atom. The molecule has 168 valence electrons.